The largest absolute Gasteiger partial charge is 0.298 e. The van der Waals surface area contributed by atoms with Crippen molar-refractivity contribution in [3.05, 3.63) is 0 Å². The summed E-state index contributed by atoms with van der Waals surface area (Å²) in [6.07, 6.45) is 3.21. The molecule has 2 heteroatoms. The van der Waals surface area contributed by atoms with Gasteiger partial charge in [0, 0.05) is 12.5 Å². The van der Waals surface area contributed by atoms with E-state index in [-0.39, 0.29) is 0 Å². The first-order valence-corrected chi connectivity index (χ1v) is 4.13. The van der Waals surface area contributed by atoms with E-state index in [1.807, 2.05) is 0 Å². The monoisotopic (exact) mass is 139 g/mol. The van der Waals surface area contributed by atoms with Gasteiger partial charge < -0.3 is 0 Å². The number of carbonyl (C=O) groups excluding carboxylic acids is 1. The molecule has 2 fully saturated rings. The molecule has 0 aromatic rings. The van der Waals surface area contributed by atoms with Crippen molar-refractivity contribution in [1.82, 2.24) is 4.90 Å². The molecule has 0 radical (unpaired) electrons. The van der Waals surface area contributed by atoms with Crippen LogP contribution in [0.3, 0.4) is 0 Å². The number of fused-ring (bicyclic) bond motifs is 1. The Kier molecular flexibility index (Phi) is 1.31. The van der Waals surface area contributed by atoms with Gasteiger partial charge in [-0.25, -0.2) is 0 Å². The van der Waals surface area contributed by atoms with E-state index in [2.05, 4.69) is 11.8 Å². The second kappa shape index (κ2) is 2.06. The highest BCUT2D eigenvalue weighted by atomic mass is 16.1. The van der Waals surface area contributed by atoms with E-state index in [4.69, 9.17) is 0 Å². The fraction of sp³-hybridized carbons (Fsp3) is 0.875. The Morgan fingerprint density at radius 3 is 3.10 bits per heavy atom. The summed E-state index contributed by atoms with van der Waals surface area (Å²) < 4.78 is 0. The van der Waals surface area contributed by atoms with E-state index >= 15 is 0 Å². The summed E-state index contributed by atoms with van der Waals surface area (Å²) in [5.41, 5.74) is 0. The minimum Gasteiger partial charge on any atom is -0.298 e. The maximum absolute atomic E-state index is 11.2. The Morgan fingerprint density at radius 2 is 2.50 bits per heavy atom. The van der Waals surface area contributed by atoms with Crippen LogP contribution in [0.2, 0.25) is 0 Å². The number of rotatable bonds is 1. The molecule has 1 saturated heterocycles. The van der Waals surface area contributed by atoms with E-state index in [1.165, 1.54) is 6.42 Å². The minimum atomic E-state index is 0.346. The summed E-state index contributed by atoms with van der Waals surface area (Å²) in [4.78, 5) is 13.5. The van der Waals surface area contributed by atoms with E-state index in [0.717, 1.165) is 19.4 Å². The van der Waals surface area contributed by atoms with Gasteiger partial charge in [-0.05, 0) is 19.4 Å². The van der Waals surface area contributed by atoms with Crippen molar-refractivity contribution in [3.8, 4) is 0 Å². The number of carbonyl (C=O) groups is 1. The van der Waals surface area contributed by atoms with Gasteiger partial charge in [0.05, 0.1) is 6.04 Å². The number of Topliss-reactive ketones (excluding diaryl/α,β-unsaturated/α-hetero) is 1. The van der Waals surface area contributed by atoms with Crippen LogP contribution in [0.5, 0.6) is 0 Å². The van der Waals surface area contributed by atoms with E-state index in [9.17, 15) is 4.79 Å². The van der Waals surface area contributed by atoms with Gasteiger partial charge in [-0.15, -0.1) is 0 Å². The number of likely N-dealkylation sites (tertiary alicyclic amines) is 1. The summed E-state index contributed by atoms with van der Waals surface area (Å²) in [5.74, 6) is 0.484. The minimum absolute atomic E-state index is 0.346. The topological polar surface area (TPSA) is 20.1 Å². The fourth-order valence-electron chi connectivity index (χ4n) is 2.12. The molecule has 1 heterocycles. The number of nitrogens with zero attached hydrogens (tertiary/aromatic N) is 1. The van der Waals surface area contributed by atoms with Crippen LogP contribution < -0.4 is 0 Å². The van der Waals surface area contributed by atoms with Crippen LogP contribution in [0.25, 0.3) is 0 Å². The average Bonchev–Trinajstić information content (AvgIpc) is 2.63. The molecule has 3 atom stereocenters. The molecule has 2 rings (SSSR count). The van der Waals surface area contributed by atoms with Crippen molar-refractivity contribution in [1.29, 1.82) is 0 Å². The highest BCUT2D eigenvalue weighted by Crippen LogP contribution is 2.37. The van der Waals surface area contributed by atoms with Crippen molar-refractivity contribution < 1.29 is 4.79 Å². The van der Waals surface area contributed by atoms with E-state index in [1.54, 1.807) is 0 Å². The smallest absolute Gasteiger partial charge is 0.151 e. The lowest BCUT2D eigenvalue weighted by molar-refractivity contribution is -0.119. The first kappa shape index (κ1) is 6.35. The average molecular weight is 139 g/mol. The molecule has 0 aromatic heterocycles. The van der Waals surface area contributed by atoms with Gasteiger partial charge >= 0.3 is 0 Å². The van der Waals surface area contributed by atoms with Gasteiger partial charge in [0.25, 0.3) is 0 Å². The molecule has 56 valence electrons. The Hall–Kier alpha value is -0.370. The lowest BCUT2D eigenvalue weighted by atomic mass is 10.00. The molecule has 2 nitrogen and oxygen atoms in total. The molecule has 1 aliphatic heterocycles. The van der Waals surface area contributed by atoms with Gasteiger partial charge in [-0.3, -0.25) is 9.69 Å². The molecule has 10 heavy (non-hydrogen) atoms. The maximum atomic E-state index is 11.2. The van der Waals surface area contributed by atoms with E-state index in [0.29, 0.717) is 17.9 Å². The van der Waals surface area contributed by atoms with Gasteiger partial charge in [0.2, 0.25) is 0 Å². The molecule has 0 N–H and O–H groups in total. The zero-order chi connectivity index (χ0) is 7.14. The number of likely N-dealkylation sites (N-methyl/N-ethyl adjacent to an activating group) is 1. The quantitative estimate of drug-likeness (QED) is 0.501. The SMILES string of the molecule is CCN1[C@@H]2C(=O)CCC[C@@H]21. The van der Waals surface area contributed by atoms with Crippen LogP contribution in [0.1, 0.15) is 26.2 Å². The Bertz CT molecular complexity index is 163. The summed E-state index contributed by atoms with van der Waals surface area (Å²) in [5, 5.41) is 0. The molecule has 0 amide bonds. The van der Waals surface area contributed by atoms with Crippen molar-refractivity contribution in [2.45, 2.75) is 38.3 Å². The lowest BCUT2D eigenvalue weighted by Gasteiger charge is -2.02. The molecule has 0 spiro atoms. The van der Waals surface area contributed by atoms with E-state index < -0.39 is 0 Å². The van der Waals surface area contributed by atoms with Gasteiger partial charge in [0.15, 0.2) is 5.78 Å². The molecule has 1 saturated carbocycles. The van der Waals surface area contributed by atoms with Crippen LogP contribution in [0.4, 0.5) is 0 Å². The fourth-order valence-corrected chi connectivity index (χ4v) is 2.12. The molecular formula is C8H13NO. The third-order valence-electron chi connectivity index (χ3n) is 2.68. The summed E-state index contributed by atoms with van der Waals surface area (Å²) >= 11 is 0. The standard InChI is InChI=1S/C8H13NO/c1-2-9-6-4-3-5-7(10)8(6)9/h6,8H,2-5H2,1H3/t6-,8-,9?/m0/s1. The molecule has 0 aromatic carbocycles. The molecule has 0 bridgehead atoms. The molecule has 1 aliphatic carbocycles. The highest BCUT2D eigenvalue weighted by Gasteiger charge is 2.52. The Morgan fingerprint density at radius 1 is 1.70 bits per heavy atom. The second-order valence-electron chi connectivity index (χ2n) is 3.20. The van der Waals surface area contributed by atoms with Crippen LogP contribution >= 0.6 is 0 Å². The predicted molar refractivity (Wildman–Crippen MR) is 38.8 cm³/mol. The third-order valence-corrected chi connectivity index (χ3v) is 2.68. The van der Waals surface area contributed by atoms with Crippen molar-refractivity contribution in [3.63, 3.8) is 0 Å². The van der Waals surface area contributed by atoms with Crippen molar-refractivity contribution in [2.75, 3.05) is 6.54 Å². The van der Waals surface area contributed by atoms with Crippen molar-refractivity contribution in [2.24, 2.45) is 0 Å². The summed E-state index contributed by atoms with van der Waals surface area (Å²) in [6, 6.07) is 0.991. The normalized spacial score (nSPS) is 44.9. The van der Waals surface area contributed by atoms with Gasteiger partial charge in [-0.2, -0.15) is 0 Å². The molecule has 1 unspecified atom stereocenters. The van der Waals surface area contributed by atoms with Gasteiger partial charge in [0.1, 0.15) is 0 Å². The van der Waals surface area contributed by atoms with Crippen molar-refractivity contribution >= 4 is 5.78 Å². The number of hydrogen-bond acceptors (Lipinski definition) is 2. The van der Waals surface area contributed by atoms with Crippen LogP contribution in [0.15, 0.2) is 0 Å². The van der Waals surface area contributed by atoms with Gasteiger partial charge in [-0.1, -0.05) is 6.92 Å². The van der Waals surface area contributed by atoms with Crippen LogP contribution in [-0.2, 0) is 4.79 Å². The molecule has 2 aliphatic rings. The van der Waals surface area contributed by atoms with Crippen LogP contribution in [0, 0.1) is 0 Å². The first-order chi connectivity index (χ1) is 4.84. The summed E-state index contributed by atoms with van der Waals surface area (Å²) in [7, 11) is 0. The molecular weight excluding hydrogens is 126 g/mol. The summed E-state index contributed by atoms with van der Waals surface area (Å²) in [6.45, 7) is 3.19. The highest BCUT2D eigenvalue weighted by molar-refractivity contribution is 5.88. The third kappa shape index (κ3) is 0.717. The number of hydrogen-bond donors (Lipinski definition) is 0. The first-order valence-electron chi connectivity index (χ1n) is 4.13. The number of ketones is 1. The lowest BCUT2D eigenvalue weighted by Crippen LogP contribution is -2.15. The zero-order valence-corrected chi connectivity index (χ0v) is 6.34. The zero-order valence-electron chi connectivity index (χ0n) is 6.34. The van der Waals surface area contributed by atoms with Crippen LogP contribution in [-0.4, -0.2) is 29.3 Å². The second-order valence-corrected chi connectivity index (χ2v) is 3.20. The Labute approximate surface area is 61.2 Å². The predicted octanol–water partition coefficient (Wildman–Crippen LogP) is 0.812. The maximum Gasteiger partial charge on any atom is 0.151 e. The Balaban J connectivity index is 2.04.